The van der Waals surface area contributed by atoms with Gasteiger partial charge in [0.1, 0.15) is 0 Å². The van der Waals surface area contributed by atoms with Crippen molar-refractivity contribution in [1.29, 1.82) is 0 Å². The molecule has 4 nitrogen and oxygen atoms in total. The van der Waals surface area contributed by atoms with Crippen molar-refractivity contribution in [1.82, 2.24) is 4.90 Å². The van der Waals surface area contributed by atoms with E-state index in [2.05, 4.69) is 16.8 Å². The van der Waals surface area contributed by atoms with Crippen molar-refractivity contribution in [2.45, 2.75) is 18.9 Å². The predicted octanol–water partition coefficient (Wildman–Crippen LogP) is 1.62. The average molecular weight is 273 g/mol. The Kier molecular flexibility index (Phi) is 4.36. The number of likely N-dealkylation sites (N-methyl/N-ethyl adjacent to an activating group) is 1. The Morgan fingerprint density at radius 3 is 2.95 bits per heavy atom. The zero-order chi connectivity index (χ0) is 14.5. The number of unbranched alkanes of at least 4 members (excludes halogenated alkanes) is 1. The first-order valence-electron chi connectivity index (χ1n) is 6.39. The van der Waals surface area contributed by atoms with Crippen LogP contribution in [0.3, 0.4) is 0 Å². The number of hydrogen-bond acceptors (Lipinski definition) is 3. The summed E-state index contributed by atoms with van der Waals surface area (Å²) in [5, 5.41) is 0. The van der Waals surface area contributed by atoms with Crippen molar-refractivity contribution in [2.24, 2.45) is 10.7 Å². The monoisotopic (exact) mass is 273 g/mol. The molecule has 0 fully saturated rings. The zero-order valence-corrected chi connectivity index (χ0v) is 11.3. The lowest BCUT2D eigenvalue weighted by Crippen LogP contribution is -2.34. The second kappa shape index (κ2) is 6.20. The summed E-state index contributed by atoms with van der Waals surface area (Å²) in [5.41, 5.74) is 7.19. The van der Waals surface area contributed by atoms with Gasteiger partial charge in [-0.25, -0.2) is 4.99 Å². The summed E-state index contributed by atoms with van der Waals surface area (Å²) >= 11 is 0. The molecular weight excluding hydrogens is 257 g/mol. The molecule has 0 bridgehead atoms. The van der Waals surface area contributed by atoms with Gasteiger partial charge in [0.25, 0.3) is 5.91 Å². The van der Waals surface area contributed by atoms with Gasteiger partial charge in [0, 0.05) is 19.0 Å². The lowest BCUT2D eigenvalue weighted by molar-refractivity contribution is -0.126. The van der Waals surface area contributed by atoms with Gasteiger partial charge >= 0.3 is 0 Å². The number of benzene rings is 1. The van der Waals surface area contributed by atoms with Crippen LogP contribution in [0.1, 0.15) is 30.0 Å². The van der Waals surface area contributed by atoms with Crippen molar-refractivity contribution in [3.05, 3.63) is 35.4 Å². The lowest BCUT2D eigenvalue weighted by Gasteiger charge is -2.10. The number of carbonyl (C=O) groups is 1. The highest BCUT2D eigenvalue weighted by Gasteiger charge is 2.31. The average Bonchev–Trinajstić information content (AvgIpc) is 2.72. The Morgan fingerprint density at radius 1 is 1.50 bits per heavy atom. The molecule has 0 aromatic heterocycles. The third kappa shape index (κ3) is 2.97. The standard InChI is InChI=1S/C15H16FN3O/c1-19-14(20)13(18-15(19)17)12-8-5-7-11(10-12)6-3-2-4-9-16/h5,7-8,10,13H,2,4,9H2,1H3,(H2,17,18). The van der Waals surface area contributed by atoms with E-state index in [4.69, 9.17) is 5.73 Å². The maximum Gasteiger partial charge on any atom is 0.258 e. The number of nitrogens with zero attached hydrogens (tertiary/aromatic N) is 2. The Bertz CT molecular complexity index is 601. The first-order valence-corrected chi connectivity index (χ1v) is 6.39. The van der Waals surface area contributed by atoms with Crippen LogP contribution in [-0.4, -0.2) is 30.5 Å². The summed E-state index contributed by atoms with van der Waals surface area (Å²) in [6, 6.07) is 6.73. The van der Waals surface area contributed by atoms with E-state index in [9.17, 15) is 9.18 Å². The molecule has 104 valence electrons. The SMILES string of the molecule is CN1C(=O)C(c2cccc(C#CCCCF)c2)N=C1N. The van der Waals surface area contributed by atoms with E-state index in [0.717, 1.165) is 11.1 Å². The summed E-state index contributed by atoms with van der Waals surface area (Å²) in [4.78, 5) is 17.5. The number of aliphatic imine (C=N–C) groups is 1. The van der Waals surface area contributed by atoms with Gasteiger partial charge in [-0.15, -0.1) is 0 Å². The van der Waals surface area contributed by atoms with Gasteiger partial charge in [-0.05, 0) is 24.1 Å². The van der Waals surface area contributed by atoms with Gasteiger partial charge in [0.15, 0.2) is 12.0 Å². The van der Waals surface area contributed by atoms with Crippen LogP contribution in [0.15, 0.2) is 29.3 Å². The third-order valence-electron chi connectivity index (χ3n) is 3.04. The van der Waals surface area contributed by atoms with E-state index in [1.165, 1.54) is 4.90 Å². The molecule has 1 aliphatic rings. The Hall–Kier alpha value is -2.35. The van der Waals surface area contributed by atoms with Crippen LogP contribution in [0.5, 0.6) is 0 Å². The predicted molar refractivity (Wildman–Crippen MR) is 75.7 cm³/mol. The Labute approximate surface area is 117 Å². The molecule has 1 unspecified atom stereocenters. The Morgan fingerprint density at radius 2 is 2.30 bits per heavy atom. The fraction of sp³-hybridized carbons (Fsp3) is 0.333. The largest absolute Gasteiger partial charge is 0.369 e. The van der Waals surface area contributed by atoms with E-state index < -0.39 is 6.04 Å². The summed E-state index contributed by atoms with van der Waals surface area (Å²) in [7, 11) is 1.60. The summed E-state index contributed by atoms with van der Waals surface area (Å²) in [5.74, 6) is 5.94. The minimum absolute atomic E-state index is 0.148. The minimum Gasteiger partial charge on any atom is -0.369 e. The smallest absolute Gasteiger partial charge is 0.258 e. The summed E-state index contributed by atoms with van der Waals surface area (Å²) in [6.07, 6.45) is 0.969. The maximum absolute atomic E-state index is 12.0. The van der Waals surface area contributed by atoms with Crippen LogP contribution >= 0.6 is 0 Å². The highest BCUT2D eigenvalue weighted by molar-refractivity contribution is 6.04. The number of guanidine groups is 1. The van der Waals surface area contributed by atoms with Crippen LogP contribution in [0.2, 0.25) is 0 Å². The third-order valence-corrected chi connectivity index (χ3v) is 3.04. The van der Waals surface area contributed by atoms with Crippen LogP contribution in [-0.2, 0) is 4.79 Å². The fourth-order valence-corrected chi connectivity index (χ4v) is 1.89. The first-order chi connectivity index (χ1) is 9.63. The number of alkyl halides is 1. The second-order valence-corrected chi connectivity index (χ2v) is 4.51. The van der Waals surface area contributed by atoms with Gasteiger partial charge < -0.3 is 5.73 Å². The Balaban J connectivity index is 2.18. The van der Waals surface area contributed by atoms with E-state index in [0.29, 0.717) is 12.8 Å². The van der Waals surface area contributed by atoms with Crippen molar-refractivity contribution in [2.75, 3.05) is 13.7 Å². The number of carbonyl (C=O) groups excluding carboxylic acids is 1. The highest BCUT2D eigenvalue weighted by Crippen LogP contribution is 2.24. The van der Waals surface area contributed by atoms with Gasteiger partial charge in [0.05, 0.1) is 6.67 Å². The molecule has 0 saturated carbocycles. The molecule has 1 atom stereocenters. The molecule has 0 aliphatic carbocycles. The van der Waals surface area contributed by atoms with Crippen LogP contribution in [0.25, 0.3) is 0 Å². The van der Waals surface area contributed by atoms with E-state index in [1.54, 1.807) is 7.05 Å². The lowest BCUT2D eigenvalue weighted by atomic mass is 10.0. The fourth-order valence-electron chi connectivity index (χ4n) is 1.89. The summed E-state index contributed by atoms with van der Waals surface area (Å²) < 4.78 is 12.0. The van der Waals surface area contributed by atoms with Crippen molar-refractivity contribution >= 4 is 11.9 Å². The van der Waals surface area contributed by atoms with Gasteiger partial charge in [-0.3, -0.25) is 14.1 Å². The van der Waals surface area contributed by atoms with Crippen LogP contribution < -0.4 is 5.73 Å². The molecule has 1 amide bonds. The zero-order valence-electron chi connectivity index (χ0n) is 11.3. The highest BCUT2D eigenvalue weighted by atomic mass is 19.1. The molecule has 1 aliphatic heterocycles. The van der Waals surface area contributed by atoms with Crippen LogP contribution in [0.4, 0.5) is 4.39 Å². The number of amides is 1. The minimum atomic E-state index is -0.590. The molecule has 0 spiro atoms. The van der Waals surface area contributed by atoms with Gasteiger partial charge in [-0.1, -0.05) is 24.0 Å². The number of hydrogen-bond donors (Lipinski definition) is 1. The van der Waals surface area contributed by atoms with Crippen molar-refractivity contribution < 1.29 is 9.18 Å². The molecule has 0 saturated heterocycles. The second-order valence-electron chi connectivity index (χ2n) is 4.51. The molecule has 20 heavy (non-hydrogen) atoms. The maximum atomic E-state index is 12.0. The molecular formula is C15H16FN3O. The van der Waals surface area contributed by atoms with Gasteiger partial charge in [-0.2, -0.15) is 0 Å². The van der Waals surface area contributed by atoms with Crippen molar-refractivity contribution in [3.63, 3.8) is 0 Å². The molecule has 2 N–H and O–H groups in total. The number of nitrogens with two attached hydrogens (primary N) is 1. The molecule has 0 radical (unpaired) electrons. The summed E-state index contributed by atoms with van der Waals surface area (Å²) in [6.45, 7) is -0.356. The molecule has 1 heterocycles. The molecule has 1 aromatic carbocycles. The first kappa shape index (κ1) is 14.1. The van der Waals surface area contributed by atoms with E-state index in [-0.39, 0.29) is 18.5 Å². The van der Waals surface area contributed by atoms with Crippen molar-refractivity contribution in [3.8, 4) is 11.8 Å². The topological polar surface area (TPSA) is 58.7 Å². The number of rotatable bonds is 3. The van der Waals surface area contributed by atoms with Gasteiger partial charge in [0.2, 0.25) is 0 Å². The normalized spacial score (nSPS) is 17.7. The molecule has 2 rings (SSSR count). The number of halogens is 1. The molecule has 5 heteroatoms. The van der Waals surface area contributed by atoms with Crippen LogP contribution in [0, 0.1) is 11.8 Å². The van der Waals surface area contributed by atoms with E-state index in [1.807, 2.05) is 24.3 Å². The molecule has 1 aromatic rings. The quantitative estimate of drug-likeness (QED) is 0.672. The van der Waals surface area contributed by atoms with E-state index >= 15 is 0 Å².